The van der Waals surface area contributed by atoms with Crippen LogP contribution in [-0.2, 0) is 0 Å². The third-order valence-corrected chi connectivity index (χ3v) is 4.33. The summed E-state index contributed by atoms with van der Waals surface area (Å²) in [5, 5.41) is 3.64. The molecular formula is C16H35N3. The number of hydrogen-bond acceptors (Lipinski definition) is 3. The molecule has 2 unspecified atom stereocenters. The molecule has 114 valence electrons. The fraction of sp³-hybridized carbons (Fsp3) is 1.00. The first-order chi connectivity index (χ1) is 8.87. The zero-order valence-electron chi connectivity index (χ0n) is 13.3. The Morgan fingerprint density at radius 2 is 1.74 bits per heavy atom. The van der Waals surface area contributed by atoms with Crippen LogP contribution in [0, 0.1) is 10.8 Å². The highest BCUT2D eigenvalue weighted by atomic mass is 14.9. The van der Waals surface area contributed by atoms with Crippen molar-refractivity contribution in [1.82, 2.24) is 5.32 Å². The Morgan fingerprint density at radius 1 is 1.05 bits per heavy atom. The monoisotopic (exact) mass is 269 g/mol. The van der Waals surface area contributed by atoms with Gasteiger partial charge in [-0.15, -0.1) is 0 Å². The van der Waals surface area contributed by atoms with E-state index >= 15 is 0 Å². The van der Waals surface area contributed by atoms with E-state index in [1.807, 2.05) is 0 Å². The number of hydrogen-bond donors (Lipinski definition) is 3. The van der Waals surface area contributed by atoms with Crippen LogP contribution in [0.5, 0.6) is 0 Å². The van der Waals surface area contributed by atoms with Gasteiger partial charge in [0.05, 0.1) is 0 Å². The molecule has 0 aromatic carbocycles. The minimum absolute atomic E-state index is 0.373. The lowest BCUT2D eigenvalue weighted by Crippen LogP contribution is -2.46. The van der Waals surface area contributed by atoms with E-state index in [-0.39, 0.29) is 0 Å². The van der Waals surface area contributed by atoms with Crippen molar-refractivity contribution < 1.29 is 0 Å². The summed E-state index contributed by atoms with van der Waals surface area (Å²) in [6, 6.07) is 0.375. The Bertz CT molecular complexity index is 252. The summed E-state index contributed by atoms with van der Waals surface area (Å²) < 4.78 is 0. The minimum Gasteiger partial charge on any atom is -0.330 e. The van der Waals surface area contributed by atoms with Gasteiger partial charge in [0.25, 0.3) is 0 Å². The lowest BCUT2D eigenvalue weighted by Gasteiger charge is -2.46. The van der Waals surface area contributed by atoms with Crippen molar-refractivity contribution in [1.29, 1.82) is 0 Å². The van der Waals surface area contributed by atoms with Crippen LogP contribution in [0.15, 0.2) is 0 Å². The Balaban J connectivity index is 2.20. The van der Waals surface area contributed by atoms with Crippen molar-refractivity contribution in [3.8, 4) is 0 Å². The maximum absolute atomic E-state index is 6.23. The van der Waals surface area contributed by atoms with E-state index in [0.717, 1.165) is 26.1 Å². The van der Waals surface area contributed by atoms with Gasteiger partial charge < -0.3 is 16.8 Å². The summed E-state index contributed by atoms with van der Waals surface area (Å²) in [6.45, 7) is 10.2. The molecule has 0 amide bonds. The van der Waals surface area contributed by atoms with Crippen LogP contribution < -0.4 is 16.8 Å². The second-order valence-corrected chi connectivity index (χ2v) is 7.70. The van der Waals surface area contributed by atoms with Gasteiger partial charge in [0.1, 0.15) is 0 Å². The Morgan fingerprint density at radius 3 is 2.37 bits per heavy atom. The molecule has 5 N–H and O–H groups in total. The van der Waals surface area contributed by atoms with Gasteiger partial charge in [0.2, 0.25) is 0 Å². The highest BCUT2D eigenvalue weighted by Gasteiger charge is 2.39. The van der Waals surface area contributed by atoms with Crippen LogP contribution in [0.1, 0.15) is 65.7 Å². The lowest BCUT2D eigenvalue weighted by molar-refractivity contribution is 0.0828. The topological polar surface area (TPSA) is 64.1 Å². The highest BCUT2D eigenvalue weighted by Crippen LogP contribution is 2.45. The molecule has 1 saturated carbocycles. The van der Waals surface area contributed by atoms with Gasteiger partial charge >= 0.3 is 0 Å². The van der Waals surface area contributed by atoms with E-state index in [2.05, 4.69) is 26.1 Å². The largest absolute Gasteiger partial charge is 0.330 e. The molecule has 0 spiro atoms. The SMILES string of the molecule is CC1(C)CC(N)CC(C)(CNCCCCCCN)C1. The number of rotatable bonds is 8. The fourth-order valence-electron chi connectivity index (χ4n) is 3.99. The molecule has 0 heterocycles. The lowest BCUT2D eigenvalue weighted by atomic mass is 9.63. The van der Waals surface area contributed by atoms with Crippen LogP contribution in [0.2, 0.25) is 0 Å². The molecule has 3 nitrogen and oxygen atoms in total. The first-order valence-electron chi connectivity index (χ1n) is 8.03. The molecule has 0 saturated heterocycles. The molecule has 19 heavy (non-hydrogen) atoms. The van der Waals surface area contributed by atoms with Crippen LogP contribution in [0.3, 0.4) is 0 Å². The van der Waals surface area contributed by atoms with Gasteiger partial charge in [-0.05, 0) is 56.0 Å². The van der Waals surface area contributed by atoms with E-state index in [1.165, 1.54) is 38.5 Å². The molecule has 0 aliphatic heterocycles. The molecule has 0 aromatic heterocycles. The first kappa shape index (κ1) is 16.9. The van der Waals surface area contributed by atoms with Crippen LogP contribution in [0.4, 0.5) is 0 Å². The third kappa shape index (κ3) is 6.73. The number of nitrogens with one attached hydrogen (secondary N) is 1. The van der Waals surface area contributed by atoms with Crippen molar-refractivity contribution >= 4 is 0 Å². The molecule has 0 bridgehead atoms. The van der Waals surface area contributed by atoms with Crippen molar-refractivity contribution in [2.75, 3.05) is 19.6 Å². The summed E-state index contributed by atoms with van der Waals surface area (Å²) in [5.74, 6) is 0. The normalized spacial score (nSPS) is 30.5. The second kappa shape index (κ2) is 7.61. The zero-order valence-corrected chi connectivity index (χ0v) is 13.3. The first-order valence-corrected chi connectivity index (χ1v) is 8.03. The Hall–Kier alpha value is -0.120. The van der Waals surface area contributed by atoms with E-state index in [0.29, 0.717) is 16.9 Å². The summed E-state index contributed by atoms with van der Waals surface area (Å²) in [5.41, 5.74) is 12.5. The van der Waals surface area contributed by atoms with E-state index in [9.17, 15) is 0 Å². The van der Waals surface area contributed by atoms with Crippen LogP contribution >= 0.6 is 0 Å². The summed E-state index contributed by atoms with van der Waals surface area (Å²) in [6.07, 6.45) is 8.62. The van der Waals surface area contributed by atoms with Crippen molar-refractivity contribution in [2.45, 2.75) is 71.8 Å². The molecular weight excluding hydrogens is 234 g/mol. The van der Waals surface area contributed by atoms with Gasteiger partial charge in [-0.2, -0.15) is 0 Å². The molecule has 1 aliphatic rings. The third-order valence-electron chi connectivity index (χ3n) is 4.33. The fourth-order valence-corrected chi connectivity index (χ4v) is 3.99. The predicted molar refractivity (Wildman–Crippen MR) is 84.1 cm³/mol. The maximum Gasteiger partial charge on any atom is 0.00495 e. The zero-order chi connectivity index (χ0) is 14.4. The van der Waals surface area contributed by atoms with E-state index in [1.54, 1.807) is 0 Å². The molecule has 2 atom stereocenters. The molecule has 1 aliphatic carbocycles. The summed E-state index contributed by atoms with van der Waals surface area (Å²) in [7, 11) is 0. The number of unbranched alkanes of at least 4 members (excludes halogenated alkanes) is 3. The second-order valence-electron chi connectivity index (χ2n) is 7.70. The predicted octanol–water partition coefficient (Wildman–Crippen LogP) is 2.64. The van der Waals surface area contributed by atoms with Crippen LogP contribution in [-0.4, -0.2) is 25.7 Å². The molecule has 3 heteroatoms. The van der Waals surface area contributed by atoms with Crippen molar-refractivity contribution in [2.24, 2.45) is 22.3 Å². The Kier molecular flexibility index (Phi) is 6.78. The minimum atomic E-state index is 0.373. The summed E-state index contributed by atoms with van der Waals surface area (Å²) >= 11 is 0. The molecule has 0 radical (unpaired) electrons. The van der Waals surface area contributed by atoms with Crippen molar-refractivity contribution in [3.63, 3.8) is 0 Å². The van der Waals surface area contributed by atoms with Crippen LogP contribution in [0.25, 0.3) is 0 Å². The van der Waals surface area contributed by atoms with Gasteiger partial charge in [-0.25, -0.2) is 0 Å². The Labute approximate surface area is 119 Å². The van der Waals surface area contributed by atoms with E-state index in [4.69, 9.17) is 11.5 Å². The maximum atomic E-state index is 6.23. The molecule has 1 fully saturated rings. The highest BCUT2D eigenvalue weighted by molar-refractivity contribution is 4.94. The molecule has 1 rings (SSSR count). The average molecular weight is 269 g/mol. The molecule has 0 aromatic rings. The van der Waals surface area contributed by atoms with Gasteiger partial charge in [0, 0.05) is 12.6 Å². The van der Waals surface area contributed by atoms with Crippen molar-refractivity contribution in [3.05, 3.63) is 0 Å². The van der Waals surface area contributed by atoms with E-state index < -0.39 is 0 Å². The summed E-state index contributed by atoms with van der Waals surface area (Å²) in [4.78, 5) is 0. The standard InChI is InChI=1S/C16H35N3/c1-15(2)10-14(18)11-16(3,12-15)13-19-9-7-5-4-6-8-17/h14,19H,4-13,17-18H2,1-3H3. The number of nitrogens with two attached hydrogens (primary N) is 2. The average Bonchev–Trinajstić information content (AvgIpc) is 2.24. The smallest absolute Gasteiger partial charge is 0.00495 e. The quantitative estimate of drug-likeness (QED) is 0.594. The van der Waals surface area contributed by atoms with Gasteiger partial charge in [-0.1, -0.05) is 33.6 Å². The van der Waals surface area contributed by atoms with Gasteiger partial charge in [-0.3, -0.25) is 0 Å². The van der Waals surface area contributed by atoms with Gasteiger partial charge in [0.15, 0.2) is 0 Å².